The Morgan fingerprint density at radius 3 is 2.93 bits per heavy atom. The molecule has 1 heterocycles. The van der Waals surface area contributed by atoms with Crippen LogP contribution in [0.5, 0.6) is 5.75 Å². The lowest BCUT2D eigenvalue weighted by Crippen LogP contribution is -2.19. The van der Waals surface area contributed by atoms with Crippen LogP contribution in [-0.2, 0) is 6.42 Å². The summed E-state index contributed by atoms with van der Waals surface area (Å²) in [6, 6.07) is 6.43. The number of hydrogen-bond acceptors (Lipinski definition) is 4. The van der Waals surface area contributed by atoms with Crippen molar-refractivity contribution in [2.24, 2.45) is 11.8 Å². The van der Waals surface area contributed by atoms with Gasteiger partial charge >= 0.3 is 0 Å². The Hall–Kier alpha value is -1.80. The standard InChI is InChI=1S/C25H35NO3/c1-4-5-9-17(2)21(27)14-13-19-22(28)16-23-24(19)20-12-8-11-18(25(20)29-23)10-6-7-15-26-3/h8,11-14,17,19,21-24,26-28H,6-7,9-10,15-16H2,1-3H3/t17-,19-,21+,22+,23-,24-/m0/s1. The molecule has 0 radical (unpaired) electrons. The Morgan fingerprint density at radius 2 is 2.17 bits per heavy atom. The summed E-state index contributed by atoms with van der Waals surface area (Å²) in [4.78, 5) is 0. The van der Waals surface area contributed by atoms with Gasteiger partial charge in [0.05, 0.1) is 12.2 Å². The summed E-state index contributed by atoms with van der Waals surface area (Å²) < 4.78 is 6.34. The van der Waals surface area contributed by atoms with E-state index >= 15 is 0 Å². The van der Waals surface area contributed by atoms with Crippen LogP contribution in [0.2, 0.25) is 0 Å². The van der Waals surface area contributed by atoms with Crippen LogP contribution in [0.15, 0.2) is 30.4 Å². The number of fused-ring (bicyclic) bond motifs is 3. The Kier molecular flexibility index (Phi) is 7.77. The molecule has 1 aliphatic carbocycles. The first-order chi connectivity index (χ1) is 14.1. The fourth-order valence-corrected chi connectivity index (χ4v) is 4.60. The minimum Gasteiger partial charge on any atom is -0.489 e. The number of para-hydroxylation sites is 1. The van der Waals surface area contributed by atoms with E-state index < -0.39 is 12.2 Å². The van der Waals surface area contributed by atoms with Crippen molar-refractivity contribution in [2.75, 3.05) is 13.6 Å². The largest absolute Gasteiger partial charge is 0.489 e. The van der Waals surface area contributed by atoms with Gasteiger partial charge < -0.3 is 20.3 Å². The van der Waals surface area contributed by atoms with Crippen LogP contribution in [0.4, 0.5) is 0 Å². The van der Waals surface area contributed by atoms with Gasteiger partial charge in [0.25, 0.3) is 0 Å². The van der Waals surface area contributed by atoms with Crippen molar-refractivity contribution < 1.29 is 14.9 Å². The number of nitrogens with one attached hydrogen (secondary N) is 1. The minimum atomic E-state index is -0.553. The van der Waals surface area contributed by atoms with E-state index in [9.17, 15) is 10.2 Å². The van der Waals surface area contributed by atoms with Crippen LogP contribution in [0.1, 0.15) is 56.6 Å². The summed E-state index contributed by atoms with van der Waals surface area (Å²) in [5, 5.41) is 24.3. The lowest BCUT2D eigenvalue weighted by molar-refractivity contribution is 0.134. The molecule has 1 aromatic rings. The molecule has 0 saturated heterocycles. The number of aliphatic hydroxyl groups excluding tert-OH is 2. The molecule has 1 aliphatic heterocycles. The average Bonchev–Trinajstić information content (AvgIpc) is 3.22. The Labute approximate surface area is 175 Å². The zero-order valence-corrected chi connectivity index (χ0v) is 17.9. The van der Waals surface area contributed by atoms with E-state index in [0.29, 0.717) is 12.8 Å². The first-order valence-corrected chi connectivity index (χ1v) is 10.9. The molecule has 6 atom stereocenters. The van der Waals surface area contributed by atoms with E-state index in [4.69, 9.17) is 4.74 Å². The van der Waals surface area contributed by atoms with Gasteiger partial charge in [-0.05, 0) is 51.3 Å². The smallest absolute Gasteiger partial charge is 0.126 e. The monoisotopic (exact) mass is 397 g/mol. The number of benzene rings is 1. The number of ether oxygens (including phenoxy) is 1. The number of rotatable bonds is 9. The SMILES string of the molecule is CC#CC[C@H](C)[C@H](O)C=C[C@@H]1[C@H]2c3cccc(CCCCNC)c3O[C@H]2C[C@H]1O. The van der Waals surface area contributed by atoms with Crippen LogP contribution >= 0.6 is 0 Å². The molecule has 158 valence electrons. The van der Waals surface area contributed by atoms with Gasteiger partial charge in [0.2, 0.25) is 0 Å². The predicted molar refractivity (Wildman–Crippen MR) is 117 cm³/mol. The lowest BCUT2D eigenvalue weighted by Gasteiger charge is -2.19. The van der Waals surface area contributed by atoms with Crippen molar-refractivity contribution in [3.05, 3.63) is 41.5 Å². The third kappa shape index (κ3) is 5.04. The van der Waals surface area contributed by atoms with Crippen molar-refractivity contribution in [1.29, 1.82) is 0 Å². The van der Waals surface area contributed by atoms with Crippen molar-refractivity contribution in [2.45, 2.75) is 70.2 Å². The lowest BCUT2D eigenvalue weighted by atomic mass is 9.86. The molecule has 1 aromatic carbocycles. The number of aliphatic hydroxyl groups is 2. The molecule has 0 bridgehead atoms. The topological polar surface area (TPSA) is 61.7 Å². The Balaban J connectivity index is 1.72. The highest BCUT2D eigenvalue weighted by Crippen LogP contribution is 2.52. The zero-order chi connectivity index (χ0) is 20.8. The third-order valence-electron chi connectivity index (χ3n) is 6.33. The van der Waals surface area contributed by atoms with E-state index in [1.54, 1.807) is 0 Å². The Morgan fingerprint density at radius 1 is 1.34 bits per heavy atom. The van der Waals surface area contributed by atoms with E-state index in [-0.39, 0.29) is 23.9 Å². The van der Waals surface area contributed by atoms with Gasteiger partial charge in [-0.3, -0.25) is 0 Å². The highest BCUT2D eigenvalue weighted by atomic mass is 16.5. The normalized spacial score (nSPS) is 27.1. The van der Waals surface area contributed by atoms with E-state index in [1.165, 1.54) is 11.1 Å². The maximum atomic E-state index is 10.6. The van der Waals surface area contributed by atoms with Crippen LogP contribution < -0.4 is 10.1 Å². The summed E-state index contributed by atoms with van der Waals surface area (Å²) in [6.45, 7) is 4.85. The van der Waals surface area contributed by atoms with Gasteiger partial charge in [0.15, 0.2) is 0 Å². The second kappa shape index (κ2) is 10.3. The molecular weight excluding hydrogens is 362 g/mol. The maximum Gasteiger partial charge on any atom is 0.126 e. The quantitative estimate of drug-likeness (QED) is 0.339. The number of aryl methyl sites for hydroxylation is 1. The summed E-state index contributed by atoms with van der Waals surface area (Å²) in [5.41, 5.74) is 2.49. The van der Waals surface area contributed by atoms with E-state index in [2.05, 4.69) is 35.4 Å². The minimum absolute atomic E-state index is 0.0219. The molecule has 1 fully saturated rings. The second-order valence-electron chi connectivity index (χ2n) is 8.44. The molecule has 4 nitrogen and oxygen atoms in total. The van der Waals surface area contributed by atoms with E-state index in [0.717, 1.165) is 31.6 Å². The molecular formula is C25H35NO3. The summed E-state index contributed by atoms with van der Waals surface area (Å²) in [5.74, 6) is 7.15. The molecule has 0 aromatic heterocycles. The van der Waals surface area contributed by atoms with Crippen LogP contribution in [0, 0.1) is 23.7 Å². The predicted octanol–water partition coefficient (Wildman–Crippen LogP) is 3.42. The van der Waals surface area contributed by atoms with Crippen molar-refractivity contribution in [1.82, 2.24) is 5.32 Å². The third-order valence-corrected chi connectivity index (χ3v) is 6.33. The molecule has 29 heavy (non-hydrogen) atoms. The van der Waals surface area contributed by atoms with Crippen LogP contribution in [0.25, 0.3) is 0 Å². The molecule has 3 rings (SSSR count). The Bertz CT molecular complexity index is 763. The van der Waals surface area contributed by atoms with E-state index in [1.807, 2.05) is 33.0 Å². The molecule has 4 heteroatoms. The van der Waals surface area contributed by atoms with Gasteiger partial charge in [-0.2, -0.15) is 0 Å². The molecule has 3 N–H and O–H groups in total. The van der Waals surface area contributed by atoms with Gasteiger partial charge in [-0.15, -0.1) is 11.8 Å². The summed E-state index contributed by atoms with van der Waals surface area (Å²) in [6.07, 6.45) is 7.49. The van der Waals surface area contributed by atoms with Crippen molar-refractivity contribution in [3.63, 3.8) is 0 Å². The number of unbranched alkanes of at least 4 members (excludes halogenated alkanes) is 1. The highest BCUT2D eigenvalue weighted by molar-refractivity contribution is 5.49. The van der Waals surface area contributed by atoms with Crippen molar-refractivity contribution in [3.8, 4) is 17.6 Å². The fraction of sp³-hybridized carbons (Fsp3) is 0.600. The molecule has 2 aliphatic rings. The first-order valence-electron chi connectivity index (χ1n) is 10.9. The molecule has 0 unspecified atom stereocenters. The van der Waals surface area contributed by atoms with Gasteiger partial charge in [0, 0.05) is 30.2 Å². The van der Waals surface area contributed by atoms with Crippen LogP contribution in [-0.4, -0.2) is 42.1 Å². The molecule has 0 spiro atoms. The fourth-order valence-electron chi connectivity index (χ4n) is 4.60. The van der Waals surface area contributed by atoms with Crippen molar-refractivity contribution >= 4 is 0 Å². The summed E-state index contributed by atoms with van der Waals surface area (Å²) in [7, 11) is 1.98. The maximum absolute atomic E-state index is 10.6. The summed E-state index contributed by atoms with van der Waals surface area (Å²) >= 11 is 0. The van der Waals surface area contributed by atoms with Gasteiger partial charge in [0.1, 0.15) is 11.9 Å². The zero-order valence-electron chi connectivity index (χ0n) is 17.9. The molecule has 0 amide bonds. The average molecular weight is 398 g/mol. The highest BCUT2D eigenvalue weighted by Gasteiger charge is 2.48. The van der Waals surface area contributed by atoms with Gasteiger partial charge in [-0.1, -0.05) is 37.3 Å². The van der Waals surface area contributed by atoms with Crippen LogP contribution in [0.3, 0.4) is 0 Å². The number of hydrogen-bond donors (Lipinski definition) is 3. The second-order valence-corrected chi connectivity index (χ2v) is 8.44. The van der Waals surface area contributed by atoms with Gasteiger partial charge in [-0.25, -0.2) is 0 Å². The first kappa shape index (κ1) is 21.9. The molecule has 1 saturated carbocycles.